The van der Waals surface area contributed by atoms with Crippen molar-refractivity contribution in [1.82, 2.24) is 10.2 Å². The highest BCUT2D eigenvalue weighted by Gasteiger charge is 2.16. The van der Waals surface area contributed by atoms with Crippen LogP contribution in [0.2, 0.25) is 0 Å². The van der Waals surface area contributed by atoms with Gasteiger partial charge in [-0.3, -0.25) is 14.5 Å². The molecule has 0 aliphatic heterocycles. The quantitative estimate of drug-likeness (QED) is 0.788. The topological polar surface area (TPSA) is 61.4 Å². The SMILES string of the molecule is CSc1ccccc1NC(=O)CN(C)CC(=O)NC(C)(C)C. The Morgan fingerprint density at radius 1 is 1.14 bits per heavy atom. The second-order valence-electron chi connectivity index (χ2n) is 6.22. The Morgan fingerprint density at radius 3 is 2.32 bits per heavy atom. The van der Waals surface area contributed by atoms with Gasteiger partial charge in [0.05, 0.1) is 18.8 Å². The molecular weight excluding hydrogens is 298 g/mol. The number of benzene rings is 1. The minimum Gasteiger partial charge on any atom is -0.350 e. The lowest BCUT2D eigenvalue weighted by Gasteiger charge is -2.23. The molecule has 1 aromatic carbocycles. The third kappa shape index (κ3) is 6.95. The van der Waals surface area contributed by atoms with E-state index < -0.39 is 0 Å². The van der Waals surface area contributed by atoms with Gasteiger partial charge < -0.3 is 10.6 Å². The zero-order valence-electron chi connectivity index (χ0n) is 13.9. The van der Waals surface area contributed by atoms with Crippen LogP contribution in [0.1, 0.15) is 20.8 Å². The second kappa shape index (κ2) is 8.19. The highest BCUT2D eigenvalue weighted by molar-refractivity contribution is 7.98. The lowest BCUT2D eigenvalue weighted by atomic mass is 10.1. The maximum Gasteiger partial charge on any atom is 0.238 e. The summed E-state index contributed by atoms with van der Waals surface area (Å²) in [6.07, 6.45) is 1.97. The van der Waals surface area contributed by atoms with Gasteiger partial charge in [-0.25, -0.2) is 0 Å². The summed E-state index contributed by atoms with van der Waals surface area (Å²) in [5.74, 6) is -0.222. The van der Waals surface area contributed by atoms with E-state index in [-0.39, 0.29) is 30.4 Å². The van der Waals surface area contributed by atoms with E-state index in [0.717, 1.165) is 10.6 Å². The number of thioether (sulfide) groups is 1. The summed E-state index contributed by atoms with van der Waals surface area (Å²) < 4.78 is 0. The van der Waals surface area contributed by atoms with Crippen molar-refractivity contribution in [2.75, 3.05) is 31.7 Å². The number of para-hydroxylation sites is 1. The summed E-state index contributed by atoms with van der Waals surface area (Å²) in [7, 11) is 1.75. The molecule has 2 amide bonds. The molecule has 0 radical (unpaired) electrons. The molecule has 0 spiro atoms. The number of carbonyl (C=O) groups is 2. The molecule has 0 unspecified atom stereocenters. The molecule has 0 fully saturated rings. The first-order valence-electron chi connectivity index (χ1n) is 7.13. The van der Waals surface area contributed by atoms with Crippen molar-refractivity contribution in [2.24, 2.45) is 0 Å². The second-order valence-corrected chi connectivity index (χ2v) is 7.07. The third-order valence-corrected chi connectivity index (χ3v) is 3.52. The average molecular weight is 323 g/mol. The van der Waals surface area contributed by atoms with Crippen LogP contribution in [0.25, 0.3) is 0 Å². The molecule has 0 aliphatic carbocycles. The number of nitrogens with one attached hydrogen (secondary N) is 2. The lowest BCUT2D eigenvalue weighted by Crippen LogP contribution is -2.46. The fraction of sp³-hybridized carbons (Fsp3) is 0.500. The summed E-state index contributed by atoms with van der Waals surface area (Å²) in [5, 5.41) is 5.76. The van der Waals surface area contributed by atoms with E-state index >= 15 is 0 Å². The number of carbonyl (C=O) groups excluding carboxylic acids is 2. The summed E-state index contributed by atoms with van der Waals surface area (Å²) in [4.78, 5) is 26.6. The van der Waals surface area contributed by atoms with E-state index in [4.69, 9.17) is 0 Å². The molecule has 1 rings (SSSR count). The van der Waals surface area contributed by atoms with E-state index in [9.17, 15) is 9.59 Å². The van der Waals surface area contributed by atoms with Gasteiger partial charge in [0.25, 0.3) is 0 Å². The maximum atomic E-state index is 12.1. The molecule has 6 heteroatoms. The van der Waals surface area contributed by atoms with Gasteiger partial charge in [-0.15, -0.1) is 11.8 Å². The van der Waals surface area contributed by atoms with Crippen molar-refractivity contribution in [3.8, 4) is 0 Å². The van der Waals surface area contributed by atoms with Crippen LogP contribution in [0.4, 0.5) is 5.69 Å². The Balaban J connectivity index is 2.49. The van der Waals surface area contributed by atoms with Crippen LogP contribution < -0.4 is 10.6 Å². The molecule has 0 saturated heterocycles. The van der Waals surface area contributed by atoms with Crippen LogP contribution in [-0.2, 0) is 9.59 Å². The van der Waals surface area contributed by atoms with Crippen LogP contribution in [0, 0.1) is 0 Å². The van der Waals surface area contributed by atoms with Gasteiger partial charge in [0.1, 0.15) is 0 Å². The number of hydrogen-bond acceptors (Lipinski definition) is 4. The number of hydrogen-bond donors (Lipinski definition) is 2. The Bertz CT molecular complexity index is 526. The predicted molar refractivity (Wildman–Crippen MR) is 92.2 cm³/mol. The summed E-state index contributed by atoms with van der Waals surface area (Å²) in [6, 6.07) is 7.65. The fourth-order valence-electron chi connectivity index (χ4n) is 1.94. The Hall–Kier alpha value is -1.53. The van der Waals surface area contributed by atoms with E-state index in [1.807, 2.05) is 51.3 Å². The van der Waals surface area contributed by atoms with Crippen molar-refractivity contribution in [2.45, 2.75) is 31.2 Å². The molecule has 0 heterocycles. The van der Waals surface area contributed by atoms with E-state index in [2.05, 4.69) is 10.6 Å². The zero-order chi connectivity index (χ0) is 16.8. The Kier molecular flexibility index (Phi) is 6.90. The highest BCUT2D eigenvalue weighted by atomic mass is 32.2. The first-order chi connectivity index (χ1) is 10.2. The van der Waals surface area contributed by atoms with Gasteiger partial charge in [-0.2, -0.15) is 0 Å². The zero-order valence-corrected chi connectivity index (χ0v) is 14.7. The molecule has 122 valence electrons. The average Bonchev–Trinajstić information content (AvgIpc) is 2.36. The summed E-state index contributed by atoms with van der Waals surface area (Å²) >= 11 is 1.58. The summed E-state index contributed by atoms with van der Waals surface area (Å²) in [6.45, 7) is 6.14. The monoisotopic (exact) mass is 323 g/mol. The van der Waals surface area contributed by atoms with Gasteiger partial charge in [-0.05, 0) is 46.2 Å². The van der Waals surface area contributed by atoms with Crippen LogP contribution in [0.3, 0.4) is 0 Å². The van der Waals surface area contributed by atoms with Crippen LogP contribution in [-0.4, -0.2) is 48.6 Å². The first-order valence-corrected chi connectivity index (χ1v) is 8.36. The molecule has 5 nitrogen and oxygen atoms in total. The van der Waals surface area contributed by atoms with Gasteiger partial charge in [-0.1, -0.05) is 12.1 Å². The van der Waals surface area contributed by atoms with Crippen LogP contribution in [0.15, 0.2) is 29.2 Å². The van der Waals surface area contributed by atoms with Crippen molar-refractivity contribution >= 4 is 29.3 Å². The lowest BCUT2D eigenvalue weighted by molar-refractivity contribution is -0.124. The van der Waals surface area contributed by atoms with Crippen molar-refractivity contribution in [3.63, 3.8) is 0 Å². The minimum atomic E-state index is -0.266. The molecule has 0 atom stereocenters. The standard InChI is InChI=1S/C16H25N3O2S/c1-16(2,3)18-15(21)11-19(4)10-14(20)17-12-8-6-7-9-13(12)22-5/h6-9H,10-11H2,1-5H3,(H,17,20)(H,18,21). The molecule has 22 heavy (non-hydrogen) atoms. The van der Waals surface area contributed by atoms with Crippen LogP contribution >= 0.6 is 11.8 Å². The van der Waals surface area contributed by atoms with Gasteiger partial charge >= 0.3 is 0 Å². The number of rotatable bonds is 6. The predicted octanol–water partition coefficient (Wildman–Crippen LogP) is 2.19. The fourth-order valence-corrected chi connectivity index (χ4v) is 2.50. The van der Waals surface area contributed by atoms with Crippen molar-refractivity contribution in [1.29, 1.82) is 0 Å². The number of amides is 2. The highest BCUT2D eigenvalue weighted by Crippen LogP contribution is 2.24. The third-order valence-electron chi connectivity index (χ3n) is 2.72. The molecule has 2 N–H and O–H groups in total. The molecule has 0 bridgehead atoms. The number of likely N-dealkylation sites (N-methyl/N-ethyl adjacent to an activating group) is 1. The normalized spacial score (nSPS) is 11.4. The first kappa shape index (κ1) is 18.5. The minimum absolute atomic E-state index is 0.0905. The van der Waals surface area contributed by atoms with Crippen molar-refractivity contribution in [3.05, 3.63) is 24.3 Å². The largest absolute Gasteiger partial charge is 0.350 e. The molecule has 0 saturated carbocycles. The smallest absolute Gasteiger partial charge is 0.238 e. The number of anilines is 1. The van der Waals surface area contributed by atoms with Crippen molar-refractivity contribution < 1.29 is 9.59 Å². The Labute approximate surface area is 136 Å². The molecule has 0 aromatic heterocycles. The number of nitrogens with zero attached hydrogens (tertiary/aromatic N) is 1. The maximum absolute atomic E-state index is 12.1. The molecule has 0 aliphatic rings. The van der Waals surface area contributed by atoms with Gasteiger partial charge in [0.15, 0.2) is 0 Å². The van der Waals surface area contributed by atoms with Gasteiger partial charge in [0.2, 0.25) is 11.8 Å². The van der Waals surface area contributed by atoms with Crippen LogP contribution in [0.5, 0.6) is 0 Å². The van der Waals surface area contributed by atoms with E-state index in [0.29, 0.717) is 0 Å². The van der Waals surface area contributed by atoms with E-state index in [1.54, 1.807) is 23.7 Å². The molecule has 1 aromatic rings. The van der Waals surface area contributed by atoms with E-state index in [1.165, 1.54) is 0 Å². The Morgan fingerprint density at radius 2 is 1.73 bits per heavy atom. The van der Waals surface area contributed by atoms with Gasteiger partial charge in [0, 0.05) is 10.4 Å². The summed E-state index contributed by atoms with van der Waals surface area (Å²) in [5.41, 5.74) is 0.532. The molecular formula is C16H25N3O2S.